The predicted octanol–water partition coefficient (Wildman–Crippen LogP) is 0.330. The Kier molecular flexibility index (Phi) is 4.89. The van der Waals surface area contributed by atoms with E-state index in [9.17, 15) is 0 Å². The van der Waals surface area contributed by atoms with Gasteiger partial charge in [0.1, 0.15) is 0 Å². The van der Waals surface area contributed by atoms with Crippen LogP contribution in [0, 0.1) is 0 Å². The third kappa shape index (κ3) is 3.29. The molecule has 0 amide bonds. The van der Waals surface area contributed by atoms with E-state index in [0.717, 1.165) is 6.42 Å². The Morgan fingerprint density at radius 3 is 2.69 bits per heavy atom. The molecule has 0 aliphatic heterocycles. The fraction of sp³-hybridized carbons (Fsp3) is 0.273. The summed E-state index contributed by atoms with van der Waals surface area (Å²) in [6.45, 7) is 4.07. The summed E-state index contributed by atoms with van der Waals surface area (Å²) in [6, 6.07) is 4.76. The molecule has 0 aliphatic rings. The molecular weight excluding hydrogens is 207 g/mol. The first-order valence-corrected chi connectivity index (χ1v) is 4.96. The molecule has 1 aromatic rings. The lowest BCUT2D eigenvalue weighted by molar-refractivity contribution is 0.300. The van der Waals surface area contributed by atoms with Crippen LogP contribution in [0.25, 0.3) is 0 Å². The number of ether oxygens (including phenoxy) is 2. The van der Waals surface area contributed by atoms with Gasteiger partial charge in [-0.25, -0.2) is 0 Å². The fourth-order valence-electron chi connectivity index (χ4n) is 1.22. The van der Waals surface area contributed by atoms with Crippen molar-refractivity contribution in [2.24, 2.45) is 0 Å². The highest BCUT2D eigenvalue weighted by molar-refractivity contribution is 6.58. The number of methoxy groups -OCH3 is 1. The second-order valence-electron chi connectivity index (χ2n) is 3.21. The van der Waals surface area contributed by atoms with Crippen molar-refractivity contribution in [2.45, 2.75) is 6.42 Å². The summed E-state index contributed by atoms with van der Waals surface area (Å²) in [5.74, 6) is 1.06. The molecule has 2 N–H and O–H groups in total. The standard InChI is InChI=1S/C11H15BO4/c1-3-4-7-16-11-8-9(12(13)14)5-6-10(11)15-2/h3,5-6,8,13-14H,1,4,7H2,2H3. The molecule has 5 heteroatoms. The minimum absolute atomic E-state index is 0.370. The van der Waals surface area contributed by atoms with E-state index in [-0.39, 0.29) is 0 Å². The van der Waals surface area contributed by atoms with Gasteiger partial charge in [-0.3, -0.25) is 0 Å². The van der Waals surface area contributed by atoms with Crippen LogP contribution in [0.15, 0.2) is 30.9 Å². The van der Waals surface area contributed by atoms with Gasteiger partial charge in [-0.2, -0.15) is 0 Å². The lowest BCUT2D eigenvalue weighted by atomic mass is 9.80. The second kappa shape index (κ2) is 6.20. The Hall–Kier alpha value is -1.46. The average molecular weight is 222 g/mol. The summed E-state index contributed by atoms with van der Waals surface area (Å²) in [5.41, 5.74) is 0.370. The molecule has 0 aromatic heterocycles. The molecule has 16 heavy (non-hydrogen) atoms. The van der Waals surface area contributed by atoms with Crippen LogP contribution in [0.2, 0.25) is 0 Å². The maximum atomic E-state index is 9.03. The quantitative estimate of drug-likeness (QED) is 0.413. The number of rotatable bonds is 6. The SMILES string of the molecule is C=CCCOc1cc(B(O)O)ccc1OC. The molecule has 0 aliphatic carbocycles. The van der Waals surface area contributed by atoms with E-state index >= 15 is 0 Å². The van der Waals surface area contributed by atoms with Crippen molar-refractivity contribution >= 4 is 12.6 Å². The first-order valence-electron chi connectivity index (χ1n) is 4.96. The molecular formula is C11H15BO4. The first-order chi connectivity index (χ1) is 7.69. The molecule has 1 rings (SSSR count). The Balaban J connectivity index is 2.84. The van der Waals surface area contributed by atoms with E-state index in [1.54, 1.807) is 24.3 Å². The number of benzene rings is 1. The zero-order valence-corrected chi connectivity index (χ0v) is 9.22. The van der Waals surface area contributed by atoms with E-state index in [4.69, 9.17) is 19.5 Å². The van der Waals surface area contributed by atoms with Gasteiger partial charge in [0.15, 0.2) is 11.5 Å². The topological polar surface area (TPSA) is 58.9 Å². The van der Waals surface area contributed by atoms with Crippen LogP contribution in [0.5, 0.6) is 11.5 Å². The zero-order valence-electron chi connectivity index (χ0n) is 9.22. The summed E-state index contributed by atoms with van der Waals surface area (Å²) in [4.78, 5) is 0. The van der Waals surface area contributed by atoms with E-state index in [0.29, 0.717) is 23.6 Å². The molecule has 0 atom stereocenters. The van der Waals surface area contributed by atoms with Gasteiger partial charge in [0.25, 0.3) is 0 Å². The summed E-state index contributed by atoms with van der Waals surface area (Å²) < 4.78 is 10.5. The van der Waals surface area contributed by atoms with Crippen molar-refractivity contribution in [3.63, 3.8) is 0 Å². The highest BCUT2D eigenvalue weighted by Gasteiger charge is 2.14. The second-order valence-corrected chi connectivity index (χ2v) is 3.21. The predicted molar refractivity (Wildman–Crippen MR) is 63.1 cm³/mol. The maximum absolute atomic E-state index is 9.03. The molecule has 0 radical (unpaired) electrons. The van der Waals surface area contributed by atoms with Crippen LogP contribution in [0.3, 0.4) is 0 Å². The molecule has 0 heterocycles. The third-order valence-electron chi connectivity index (χ3n) is 2.07. The molecule has 0 spiro atoms. The van der Waals surface area contributed by atoms with Gasteiger partial charge in [0, 0.05) is 0 Å². The van der Waals surface area contributed by atoms with Gasteiger partial charge >= 0.3 is 7.12 Å². The van der Waals surface area contributed by atoms with Crippen LogP contribution in [-0.2, 0) is 0 Å². The largest absolute Gasteiger partial charge is 0.493 e. The summed E-state index contributed by atoms with van der Waals surface area (Å²) in [6.07, 6.45) is 2.46. The van der Waals surface area contributed by atoms with E-state index < -0.39 is 7.12 Å². The minimum atomic E-state index is -1.51. The molecule has 0 saturated heterocycles. The Labute approximate surface area is 95.3 Å². The Morgan fingerprint density at radius 1 is 1.38 bits per heavy atom. The molecule has 4 nitrogen and oxygen atoms in total. The molecule has 86 valence electrons. The molecule has 0 bridgehead atoms. The van der Waals surface area contributed by atoms with E-state index in [2.05, 4.69) is 6.58 Å². The van der Waals surface area contributed by atoms with Crippen LogP contribution in [0.4, 0.5) is 0 Å². The van der Waals surface area contributed by atoms with Crippen molar-refractivity contribution in [3.8, 4) is 11.5 Å². The van der Waals surface area contributed by atoms with Crippen LogP contribution >= 0.6 is 0 Å². The highest BCUT2D eigenvalue weighted by Crippen LogP contribution is 2.25. The smallest absolute Gasteiger partial charge is 0.488 e. The summed E-state index contributed by atoms with van der Waals surface area (Å²) in [5, 5.41) is 18.1. The number of hydrogen-bond acceptors (Lipinski definition) is 4. The third-order valence-corrected chi connectivity index (χ3v) is 2.07. The van der Waals surface area contributed by atoms with Gasteiger partial charge in [0.2, 0.25) is 0 Å². The van der Waals surface area contributed by atoms with E-state index in [1.807, 2.05) is 0 Å². The Morgan fingerprint density at radius 2 is 2.12 bits per heavy atom. The maximum Gasteiger partial charge on any atom is 0.488 e. The van der Waals surface area contributed by atoms with Gasteiger partial charge in [-0.1, -0.05) is 12.1 Å². The molecule has 0 fully saturated rings. The van der Waals surface area contributed by atoms with Gasteiger partial charge in [0.05, 0.1) is 13.7 Å². The Bertz CT molecular complexity index is 352. The zero-order chi connectivity index (χ0) is 12.0. The monoisotopic (exact) mass is 222 g/mol. The van der Waals surface area contributed by atoms with Crippen LogP contribution in [0.1, 0.15) is 6.42 Å². The minimum Gasteiger partial charge on any atom is -0.493 e. The average Bonchev–Trinajstić information content (AvgIpc) is 2.29. The van der Waals surface area contributed by atoms with Gasteiger partial charge in [-0.15, -0.1) is 6.58 Å². The van der Waals surface area contributed by atoms with Crippen LogP contribution < -0.4 is 14.9 Å². The van der Waals surface area contributed by atoms with Gasteiger partial charge < -0.3 is 19.5 Å². The summed E-state index contributed by atoms with van der Waals surface area (Å²) >= 11 is 0. The fourth-order valence-corrected chi connectivity index (χ4v) is 1.22. The number of hydrogen-bond donors (Lipinski definition) is 2. The van der Waals surface area contributed by atoms with Crippen molar-refractivity contribution < 1.29 is 19.5 Å². The first kappa shape index (κ1) is 12.6. The lowest BCUT2D eigenvalue weighted by Crippen LogP contribution is -2.29. The molecule has 1 aromatic carbocycles. The highest BCUT2D eigenvalue weighted by atomic mass is 16.5. The van der Waals surface area contributed by atoms with Crippen LogP contribution in [-0.4, -0.2) is 30.9 Å². The van der Waals surface area contributed by atoms with Crippen molar-refractivity contribution in [2.75, 3.05) is 13.7 Å². The van der Waals surface area contributed by atoms with E-state index in [1.165, 1.54) is 7.11 Å². The van der Waals surface area contributed by atoms with Crippen molar-refractivity contribution in [1.29, 1.82) is 0 Å². The summed E-state index contributed by atoms with van der Waals surface area (Å²) in [7, 11) is 0.0257. The van der Waals surface area contributed by atoms with Crippen molar-refractivity contribution in [1.82, 2.24) is 0 Å². The van der Waals surface area contributed by atoms with Gasteiger partial charge in [-0.05, 0) is 24.0 Å². The molecule has 0 unspecified atom stereocenters. The molecule has 0 saturated carbocycles. The lowest BCUT2D eigenvalue weighted by Gasteiger charge is -2.11. The normalized spacial score (nSPS) is 9.69. The van der Waals surface area contributed by atoms with Crippen molar-refractivity contribution in [3.05, 3.63) is 30.9 Å².